The minimum Gasteiger partial charge on any atom is -0.342 e. The summed E-state index contributed by atoms with van der Waals surface area (Å²) in [7, 11) is 1.73. The second-order valence-corrected chi connectivity index (χ2v) is 4.79. The zero-order valence-electron chi connectivity index (χ0n) is 10.7. The first-order valence-corrected chi connectivity index (χ1v) is 6.42. The van der Waals surface area contributed by atoms with E-state index in [4.69, 9.17) is 0 Å². The number of benzene rings is 1. The Morgan fingerprint density at radius 2 is 2.28 bits per heavy atom. The van der Waals surface area contributed by atoms with E-state index in [9.17, 15) is 9.18 Å². The lowest BCUT2D eigenvalue weighted by Gasteiger charge is -2.19. The third-order valence-corrected chi connectivity index (χ3v) is 3.43. The second-order valence-electron chi connectivity index (χ2n) is 4.79. The fourth-order valence-electron chi connectivity index (χ4n) is 2.29. The molecule has 0 spiro atoms. The van der Waals surface area contributed by atoms with E-state index in [0.717, 1.165) is 13.0 Å². The average Bonchev–Trinajstić information content (AvgIpc) is 2.89. The molecular weight excluding hydrogens is 231 g/mol. The number of nitrogens with one attached hydrogen (secondary N) is 1. The first-order valence-electron chi connectivity index (χ1n) is 6.42. The molecule has 1 atom stereocenters. The van der Waals surface area contributed by atoms with E-state index < -0.39 is 5.82 Å². The normalized spacial score (nSPS) is 18.9. The molecule has 0 aromatic heterocycles. The van der Waals surface area contributed by atoms with E-state index in [1.807, 2.05) is 0 Å². The molecule has 2 rings (SSSR count). The van der Waals surface area contributed by atoms with Crippen molar-refractivity contribution in [3.8, 4) is 0 Å². The summed E-state index contributed by atoms with van der Waals surface area (Å²) in [5, 5.41) is 3.39. The Morgan fingerprint density at radius 3 is 2.94 bits per heavy atom. The predicted molar refractivity (Wildman–Crippen MR) is 69.0 cm³/mol. The summed E-state index contributed by atoms with van der Waals surface area (Å²) < 4.78 is 13.5. The molecule has 4 heteroatoms. The smallest absolute Gasteiger partial charge is 0.256 e. The van der Waals surface area contributed by atoms with Gasteiger partial charge in [0.1, 0.15) is 5.82 Å². The SMILES string of the molecule is CN(CCC1CCCN1)C(=O)c1ccccc1F. The van der Waals surface area contributed by atoms with Crippen LogP contribution in [0.3, 0.4) is 0 Å². The molecule has 1 fully saturated rings. The fraction of sp³-hybridized carbons (Fsp3) is 0.500. The van der Waals surface area contributed by atoms with Crippen LogP contribution in [0, 0.1) is 5.82 Å². The number of halogens is 1. The van der Waals surface area contributed by atoms with Gasteiger partial charge in [-0.1, -0.05) is 12.1 Å². The van der Waals surface area contributed by atoms with Crippen molar-refractivity contribution >= 4 is 5.91 Å². The highest BCUT2D eigenvalue weighted by molar-refractivity contribution is 5.94. The fourth-order valence-corrected chi connectivity index (χ4v) is 2.29. The van der Waals surface area contributed by atoms with E-state index in [0.29, 0.717) is 12.6 Å². The third-order valence-electron chi connectivity index (χ3n) is 3.43. The Bertz CT molecular complexity index is 416. The van der Waals surface area contributed by atoms with Crippen LogP contribution >= 0.6 is 0 Å². The topological polar surface area (TPSA) is 32.3 Å². The second kappa shape index (κ2) is 5.96. The van der Waals surface area contributed by atoms with Crippen LogP contribution in [0.25, 0.3) is 0 Å². The van der Waals surface area contributed by atoms with Crippen LogP contribution < -0.4 is 5.32 Å². The molecule has 1 aliphatic rings. The van der Waals surface area contributed by atoms with E-state index >= 15 is 0 Å². The maximum absolute atomic E-state index is 13.5. The molecule has 0 bridgehead atoms. The number of carbonyl (C=O) groups excluding carboxylic acids is 1. The van der Waals surface area contributed by atoms with Crippen molar-refractivity contribution in [2.24, 2.45) is 0 Å². The van der Waals surface area contributed by atoms with Crippen molar-refractivity contribution < 1.29 is 9.18 Å². The maximum Gasteiger partial charge on any atom is 0.256 e. The lowest BCUT2D eigenvalue weighted by Crippen LogP contribution is -2.32. The van der Waals surface area contributed by atoms with Crippen molar-refractivity contribution in [2.75, 3.05) is 20.1 Å². The molecule has 1 amide bonds. The van der Waals surface area contributed by atoms with Gasteiger partial charge >= 0.3 is 0 Å². The van der Waals surface area contributed by atoms with Gasteiger partial charge in [0, 0.05) is 19.6 Å². The molecule has 1 aromatic carbocycles. The van der Waals surface area contributed by atoms with Gasteiger partial charge in [0.25, 0.3) is 5.91 Å². The molecule has 18 heavy (non-hydrogen) atoms. The van der Waals surface area contributed by atoms with Gasteiger partial charge in [-0.25, -0.2) is 4.39 Å². The third kappa shape index (κ3) is 3.07. The monoisotopic (exact) mass is 250 g/mol. The summed E-state index contributed by atoms with van der Waals surface area (Å²) in [6.07, 6.45) is 3.30. The Balaban J connectivity index is 1.90. The summed E-state index contributed by atoms with van der Waals surface area (Å²) in [5.41, 5.74) is 0.152. The Labute approximate surface area is 107 Å². The van der Waals surface area contributed by atoms with Gasteiger partial charge in [-0.05, 0) is 37.9 Å². The van der Waals surface area contributed by atoms with Gasteiger partial charge in [0.15, 0.2) is 0 Å². The molecule has 1 saturated heterocycles. The predicted octanol–water partition coefficient (Wildman–Crippen LogP) is 2.04. The number of hydrogen-bond donors (Lipinski definition) is 1. The highest BCUT2D eigenvalue weighted by Crippen LogP contribution is 2.12. The summed E-state index contributed by atoms with van der Waals surface area (Å²) >= 11 is 0. The molecule has 0 aliphatic carbocycles. The molecule has 1 unspecified atom stereocenters. The van der Waals surface area contributed by atoms with Crippen molar-refractivity contribution in [1.29, 1.82) is 0 Å². The molecule has 1 aliphatic heterocycles. The van der Waals surface area contributed by atoms with Crippen LogP contribution in [0.5, 0.6) is 0 Å². The molecule has 0 saturated carbocycles. The maximum atomic E-state index is 13.5. The van der Waals surface area contributed by atoms with Gasteiger partial charge in [0.2, 0.25) is 0 Å². The van der Waals surface area contributed by atoms with Gasteiger partial charge in [-0.2, -0.15) is 0 Å². The summed E-state index contributed by atoms with van der Waals surface area (Å²) in [4.78, 5) is 13.6. The standard InChI is InChI=1S/C14H19FN2O/c1-17(10-8-11-5-4-9-16-11)14(18)12-6-2-3-7-13(12)15/h2-3,6-7,11,16H,4-5,8-10H2,1H3. The Kier molecular flexibility index (Phi) is 4.31. The van der Waals surface area contributed by atoms with E-state index in [-0.39, 0.29) is 11.5 Å². The van der Waals surface area contributed by atoms with Gasteiger partial charge in [-0.3, -0.25) is 4.79 Å². The molecule has 1 heterocycles. The zero-order valence-corrected chi connectivity index (χ0v) is 10.7. The van der Waals surface area contributed by atoms with Gasteiger partial charge < -0.3 is 10.2 Å². The number of nitrogens with zero attached hydrogens (tertiary/aromatic N) is 1. The molecule has 1 aromatic rings. The van der Waals surface area contributed by atoms with Gasteiger partial charge in [-0.15, -0.1) is 0 Å². The van der Waals surface area contributed by atoms with Crippen molar-refractivity contribution in [1.82, 2.24) is 10.2 Å². The minimum absolute atomic E-state index is 0.152. The lowest BCUT2D eigenvalue weighted by atomic mass is 10.1. The van der Waals surface area contributed by atoms with Crippen molar-refractivity contribution in [3.05, 3.63) is 35.6 Å². The highest BCUT2D eigenvalue weighted by atomic mass is 19.1. The minimum atomic E-state index is -0.451. The van der Waals surface area contributed by atoms with Crippen molar-refractivity contribution in [3.63, 3.8) is 0 Å². The van der Waals surface area contributed by atoms with E-state index in [2.05, 4.69) is 5.32 Å². The average molecular weight is 250 g/mol. The van der Waals surface area contributed by atoms with Gasteiger partial charge in [0.05, 0.1) is 5.56 Å². The Morgan fingerprint density at radius 1 is 1.50 bits per heavy atom. The van der Waals surface area contributed by atoms with Crippen LogP contribution in [-0.4, -0.2) is 37.0 Å². The van der Waals surface area contributed by atoms with Crippen LogP contribution in [0.1, 0.15) is 29.6 Å². The molecule has 1 N–H and O–H groups in total. The van der Waals surface area contributed by atoms with Crippen molar-refractivity contribution in [2.45, 2.75) is 25.3 Å². The van der Waals surface area contributed by atoms with Crippen LogP contribution in [0.2, 0.25) is 0 Å². The van der Waals surface area contributed by atoms with Crippen LogP contribution in [0.15, 0.2) is 24.3 Å². The van der Waals surface area contributed by atoms with Crippen LogP contribution in [0.4, 0.5) is 4.39 Å². The summed E-state index contributed by atoms with van der Waals surface area (Å²) in [6, 6.07) is 6.62. The number of amides is 1. The Hall–Kier alpha value is -1.42. The molecule has 3 nitrogen and oxygen atoms in total. The molecular formula is C14H19FN2O. The first kappa shape index (κ1) is 13.0. The quantitative estimate of drug-likeness (QED) is 0.887. The number of rotatable bonds is 4. The highest BCUT2D eigenvalue weighted by Gasteiger charge is 2.18. The van der Waals surface area contributed by atoms with E-state index in [1.165, 1.54) is 25.0 Å². The largest absolute Gasteiger partial charge is 0.342 e. The molecule has 0 radical (unpaired) electrons. The van der Waals surface area contributed by atoms with E-state index in [1.54, 1.807) is 24.1 Å². The first-order chi connectivity index (χ1) is 8.68. The summed E-state index contributed by atoms with van der Waals surface area (Å²) in [5.74, 6) is -0.695. The number of carbonyl (C=O) groups is 1. The van der Waals surface area contributed by atoms with Crippen LogP contribution in [-0.2, 0) is 0 Å². The summed E-state index contributed by atoms with van der Waals surface area (Å²) in [6.45, 7) is 1.72. The zero-order chi connectivity index (χ0) is 13.0. The number of hydrogen-bond acceptors (Lipinski definition) is 2. The molecule has 98 valence electrons. The lowest BCUT2D eigenvalue weighted by molar-refractivity contribution is 0.0786.